The predicted octanol–water partition coefficient (Wildman–Crippen LogP) is 3.52. The molecule has 2 aliphatic rings. The molecule has 2 aromatic carbocycles. The highest BCUT2D eigenvalue weighted by atomic mass is 16.2. The van der Waals surface area contributed by atoms with E-state index >= 15 is 0 Å². The van der Waals surface area contributed by atoms with Crippen molar-refractivity contribution in [3.05, 3.63) is 59.4 Å². The van der Waals surface area contributed by atoms with Crippen LogP contribution in [0.4, 0.5) is 11.4 Å². The highest BCUT2D eigenvalue weighted by Gasteiger charge is 2.33. The van der Waals surface area contributed by atoms with Crippen molar-refractivity contribution in [1.82, 2.24) is 20.1 Å². The van der Waals surface area contributed by atoms with E-state index in [1.807, 2.05) is 36.7 Å². The zero-order valence-corrected chi connectivity index (χ0v) is 19.5. The van der Waals surface area contributed by atoms with Crippen LogP contribution in [0, 0.1) is 6.92 Å². The Morgan fingerprint density at radius 1 is 1.03 bits per heavy atom. The van der Waals surface area contributed by atoms with Gasteiger partial charge in [-0.05, 0) is 63.4 Å². The van der Waals surface area contributed by atoms with Gasteiger partial charge in [0, 0.05) is 36.3 Å². The Labute approximate surface area is 197 Å². The highest BCUT2D eigenvalue weighted by Crippen LogP contribution is 2.42. The molecular formula is C25H27N7O2. The number of aliphatic imine (C=N–C) groups is 1. The van der Waals surface area contributed by atoms with Crippen LogP contribution in [0.2, 0.25) is 0 Å². The monoisotopic (exact) mass is 457 g/mol. The Hall–Kier alpha value is -4.01. The number of aryl methyl sites for hydroxylation is 1. The Morgan fingerprint density at radius 2 is 1.82 bits per heavy atom. The summed E-state index contributed by atoms with van der Waals surface area (Å²) in [6.45, 7) is 4.63. The number of carbonyl (C=O) groups excluding carboxylic acids is 2. The Morgan fingerprint density at radius 3 is 2.62 bits per heavy atom. The van der Waals surface area contributed by atoms with Crippen LogP contribution in [0.5, 0.6) is 0 Å². The van der Waals surface area contributed by atoms with Crippen LogP contribution in [0.3, 0.4) is 0 Å². The molecule has 2 bridgehead atoms. The highest BCUT2D eigenvalue weighted by molar-refractivity contribution is 6.21. The number of nitrogens with one attached hydrogen (secondary N) is 2. The molecule has 0 saturated carbocycles. The minimum absolute atomic E-state index is 0.0563. The van der Waals surface area contributed by atoms with Crippen molar-refractivity contribution in [2.24, 2.45) is 12.0 Å². The second kappa shape index (κ2) is 8.74. The van der Waals surface area contributed by atoms with Gasteiger partial charge in [0.05, 0.1) is 11.4 Å². The van der Waals surface area contributed by atoms with E-state index in [1.54, 1.807) is 24.3 Å². The average molecular weight is 458 g/mol. The van der Waals surface area contributed by atoms with E-state index in [-0.39, 0.29) is 11.9 Å². The molecule has 174 valence electrons. The fourth-order valence-corrected chi connectivity index (χ4v) is 4.48. The summed E-state index contributed by atoms with van der Waals surface area (Å²) in [4.78, 5) is 32.2. The SMILES string of the molecule is Cc1nnc(-c2cccc3c2N2/C(=N/C(=O)c4cccc(c4)C(=O)NCCCC[C@@H]2C)N3)n1C. The third-order valence-corrected chi connectivity index (χ3v) is 6.44. The van der Waals surface area contributed by atoms with Gasteiger partial charge in [0.2, 0.25) is 5.96 Å². The molecule has 0 unspecified atom stereocenters. The second-order valence-electron chi connectivity index (χ2n) is 8.75. The van der Waals surface area contributed by atoms with Crippen molar-refractivity contribution in [2.45, 2.75) is 39.2 Å². The minimum Gasteiger partial charge on any atom is -0.352 e. The van der Waals surface area contributed by atoms with Gasteiger partial charge < -0.3 is 20.1 Å². The van der Waals surface area contributed by atoms with Gasteiger partial charge in [0.1, 0.15) is 5.82 Å². The number of nitrogens with zero attached hydrogens (tertiary/aromatic N) is 5. The Balaban J connectivity index is 1.63. The Kier molecular flexibility index (Phi) is 5.61. The molecule has 9 heteroatoms. The number of rotatable bonds is 1. The minimum atomic E-state index is -0.407. The fraction of sp³-hybridized carbons (Fsp3) is 0.320. The predicted molar refractivity (Wildman–Crippen MR) is 131 cm³/mol. The maximum absolute atomic E-state index is 13.2. The summed E-state index contributed by atoms with van der Waals surface area (Å²) < 4.78 is 1.96. The summed E-state index contributed by atoms with van der Waals surface area (Å²) in [5, 5.41) is 14.9. The number of hydrogen-bond acceptors (Lipinski definition) is 6. The van der Waals surface area contributed by atoms with E-state index in [0.717, 1.165) is 47.8 Å². The van der Waals surface area contributed by atoms with Gasteiger partial charge in [-0.3, -0.25) is 9.59 Å². The summed E-state index contributed by atoms with van der Waals surface area (Å²) in [5.41, 5.74) is 3.55. The number of fused-ring (bicyclic) bond motifs is 5. The molecule has 0 aliphatic carbocycles. The van der Waals surface area contributed by atoms with Crippen molar-refractivity contribution >= 4 is 29.1 Å². The molecule has 0 saturated heterocycles. The van der Waals surface area contributed by atoms with Crippen molar-refractivity contribution in [3.8, 4) is 11.4 Å². The molecule has 9 nitrogen and oxygen atoms in total. The molecule has 3 aromatic rings. The van der Waals surface area contributed by atoms with Crippen LogP contribution < -0.4 is 15.5 Å². The summed E-state index contributed by atoms with van der Waals surface area (Å²) in [6, 6.07) is 12.7. The number of guanidine groups is 1. The smallest absolute Gasteiger partial charge is 0.280 e. The summed E-state index contributed by atoms with van der Waals surface area (Å²) in [6.07, 6.45) is 2.64. The van der Waals surface area contributed by atoms with E-state index < -0.39 is 5.91 Å². The van der Waals surface area contributed by atoms with E-state index in [9.17, 15) is 9.59 Å². The van der Waals surface area contributed by atoms with E-state index in [1.165, 1.54) is 0 Å². The maximum Gasteiger partial charge on any atom is 0.280 e. The summed E-state index contributed by atoms with van der Waals surface area (Å²) in [7, 11) is 1.94. The molecule has 2 amide bonds. The van der Waals surface area contributed by atoms with Gasteiger partial charge in [-0.15, -0.1) is 10.2 Å². The largest absolute Gasteiger partial charge is 0.352 e. The van der Waals surface area contributed by atoms with Crippen LogP contribution >= 0.6 is 0 Å². The van der Waals surface area contributed by atoms with E-state index in [0.29, 0.717) is 23.6 Å². The first kappa shape index (κ1) is 21.8. The molecule has 34 heavy (non-hydrogen) atoms. The van der Waals surface area contributed by atoms with Gasteiger partial charge >= 0.3 is 0 Å². The van der Waals surface area contributed by atoms with Gasteiger partial charge in [-0.1, -0.05) is 12.1 Å². The molecule has 0 fully saturated rings. The number of aromatic nitrogens is 3. The average Bonchev–Trinajstić information content (AvgIpc) is 3.37. The zero-order chi connectivity index (χ0) is 23.8. The molecule has 0 radical (unpaired) electrons. The number of para-hydroxylation sites is 1. The van der Waals surface area contributed by atoms with Gasteiger partial charge in [-0.25, -0.2) is 0 Å². The summed E-state index contributed by atoms with van der Waals surface area (Å²) >= 11 is 0. The van der Waals surface area contributed by atoms with Gasteiger partial charge in [0.15, 0.2) is 5.82 Å². The molecule has 2 aliphatic heterocycles. The molecule has 3 heterocycles. The standard InChI is InChI=1S/C25H27N7O2/c1-15-8-4-5-13-26-23(33)17-9-6-10-18(14-17)24(34)28-25-27-20-12-7-11-19(21(20)32(15)25)22-30-29-16(2)31(22)3/h6-7,9-12,14-15H,4-5,8,13H2,1-3H3,(H,26,33)(H,27,28,34)/t15-/m0/s1. The van der Waals surface area contributed by atoms with Gasteiger partial charge in [-0.2, -0.15) is 4.99 Å². The lowest BCUT2D eigenvalue weighted by molar-refractivity contribution is 0.0953. The van der Waals surface area contributed by atoms with Gasteiger partial charge in [0.25, 0.3) is 11.8 Å². The summed E-state index contributed by atoms with van der Waals surface area (Å²) in [5.74, 6) is 1.47. The normalized spacial score (nSPS) is 19.9. The second-order valence-corrected chi connectivity index (χ2v) is 8.75. The van der Waals surface area contributed by atoms with Crippen LogP contribution in [0.25, 0.3) is 11.4 Å². The van der Waals surface area contributed by atoms with Crippen LogP contribution in [0.1, 0.15) is 52.7 Å². The number of hydrogen-bond donors (Lipinski definition) is 2. The Bertz CT molecular complexity index is 1310. The van der Waals surface area contributed by atoms with Crippen LogP contribution in [-0.2, 0) is 7.05 Å². The molecule has 1 aromatic heterocycles. The quantitative estimate of drug-likeness (QED) is 0.579. The van der Waals surface area contributed by atoms with Crippen molar-refractivity contribution in [2.75, 3.05) is 16.8 Å². The molecule has 5 rings (SSSR count). The lowest BCUT2D eigenvalue weighted by Crippen LogP contribution is -2.39. The van der Waals surface area contributed by atoms with E-state index in [4.69, 9.17) is 0 Å². The van der Waals surface area contributed by atoms with Crippen LogP contribution in [0.15, 0.2) is 47.5 Å². The molecular weight excluding hydrogens is 430 g/mol. The van der Waals surface area contributed by atoms with E-state index in [2.05, 4.69) is 37.6 Å². The lowest BCUT2D eigenvalue weighted by Gasteiger charge is -2.28. The topological polar surface area (TPSA) is 105 Å². The fourth-order valence-electron chi connectivity index (χ4n) is 4.48. The number of benzene rings is 2. The molecule has 2 N–H and O–H groups in total. The first-order chi connectivity index (χ1) is 16.4. The number of anilines is 2. The lowest BCUT2D eigenvalue weighted by atomic mass is 10.1. The third-order valence-electron chi connectivity index (χ3n) is 6.44. The first-order valence-corrected chi connectivity index (χ1v) is 11.5. The number of carbonyl (C=O) groups is 2. The van der Waals surface area contributed by atoms with Crippen molar-refractivity contribution < 1.29 is 9.59 Å². The van der Waals surface area contributed by atoms with Crippen molar-refractivity contribution in [1.29, 1.82) is 0 Å². The molecule has 0 spiro atoms. The zero-order valence-electron chi connectivity index (χ0n) is 19.5. The van der Waals surface area contributed by atoms with Crippen molar-refractivity contribution in [3.63, 3.8) is 0 Å². The maximum atomic E-state index is 13.2. The molecule has 1 atom stereocenters. The van der Waals surface area contributed by atoms with Crippen LogP contribution in [-0.4, -0.2) is 45.1 Å². The number of amides is 2. The first-order valence-electron chi connectivity index (χ1n) is 11.5. The third kappa shape index (κ3) is 3.83.